The van der Waals surface area contributed by atoms with Gasteiger partial charge < -0.3 is 4.90 Å². The second kappa shape index (κ2) is 5.72. The summed E-state index contributed by atoms with van der Waals surface area (Å²) < 4.78 is 0. The van der Waals surface area contributed by atoms with Crippen LogP contribution in [0, 0.1) is 34.5 Å². The lowest BCUT2D eigenvalue weighted by atomic mass is 9.49. The average molecular weight is 354 g/mol. The summed E-state index contributed by atoms with van der Waals surface area (Å²) in [6.07, 6.45) is 15.2. The molecule has 26 heavy (non-hydrogen) atoms. The fraction of sp³-hybridized carbons (Fsp3) is 0.792. The second-order valence-corrected chi connectivity index (χ2v) is 10.5. The van der Waals surface area contributed by atoms with E-state index in [2.05, 4.69) is 37.8 Å². The van der Waals surface area contributed by atoms with Crippen LogP contribution < -0.4 is 0 Å². The predicted octanol–water partition coefficient (Wildman–Crippen LogP) is 5.35. The van der Waals surface area contributed by atoms with Crippen molar-refractivity contribution in [3.8, 4) is 0 Å². The molecule has 0 aromatic carbocycles. The number of rotatable bonds is 1. The molecule has 0 spiro atoms. The van der Waals surface area contributed by atoms with Gasteiger partial charge in [-0.1, -0.05) is 26.8 Å². The first kappa shape index (κ1) is 17.1. The summed E-state index contributed by atoms with van der Waals surface area (Å²) in [6.45, 7) is 9.56. The molecule has 0 aromatic heterocycles. The van der Waals surface area contributed by atoms with Crippen LogP contribution in [0.25, 0.3) is 0 Å². The van der Waals surface area contributed by atoms with Crippen LogP contribution in [-0.2, 0) is 4.79 Å². The summed E-state index contributed by atoms with van der Waals surface area (Å²) in [5.74, 6) is 3.01. The normalized spacial score (nSPS) is 47.8. The minimum Gasteiger partial charge on any atom is -0.375 e. The van der Waals surface area contributed by atoms with Gasteiger partial charge in [-0.2, -0.15) is 0 Å². The maximum Gasteiger partial charge on any atom is 0.141 e. The third-order valence-electron chi connectivity index (χ3n) is 9.27. The molecule has 3 fully saturated rings. The van der Waals surface area contributed by atoms with Crippen molar-refractivity contribution in [2.45, 2.75) is 72.1 Å². The van der Waals surface area contributed by atoms with Crippen molar-refractivity contribution < 1.29 is 4.79 Å². The highest BCUT2D eigenvalue weighted by Crippen LogP contribution is 2.64. The number of hydrogen-bond acceptors (Lipinski definition) is 2. The number of allylic oxidation sites excluding steroid dienone is 4. The van der Waals surface area contributed by atoms with E-state index in [0.29, 0.717) is 17.1 Å². The van der Waals surface area contributed by atoms with Crippen molar-refractivity contribution in [3.05, 3.63) is 23.4 Å². The molecule has 142 valence electrons. The fourth-order valence-electron chi connectivity index (χ4n) is 7.68. The van der Waals surface area contributed by atoms with Gasteiger partial charge in [-0.15, -0.1) is 0 Å². The van der Waals surface area contributed by atoms with Crippen molar-refractivity contribution in [2.75, 3.05) is 13.1 Å². The van der Waals surface area contributed by atoms with Crippen LogP contribution in [0.4, 0.5) is 0 Å². The van der Waals surface area contributed by atoms with E-state index in [1.807, 2.05) is 0 Å². The fourth-order valence-corrected chi connectivity index (χ4v) is 7.68. The van der Waals surface area contributed by atoms with Crippen molar-refractivity contribution in [2.24, 2.45) is 34.5 Å². The first-order valence-corrected chi connectivity index (χ1v) is 11.1. The van der Waals surface area contributed by atoms with Crippen LogP contribution in [0.15, 0.2) is 23.4 Å². The maximum absolute atomic E-state index is 12.9. The van der Waals surface area contributed by atoms with E-state index in [1.54, 1.807) is 11.3 Å². The van der Waals surface area contributed by atoms with Crippen LogP contribution in [-0.4, -0.2) is 23.8 Å². The summed E-state index contributed by atoms with van der Waals surface area (Å²) in [4.78, 5) is 15.5. The molecule has 6 atom stereocenters. The van der Waals surface area contributed by atoms with Crippen molar-refractivity contribution in [1.29, 1.82) is 0 Å². The molecule has 1 saturated heterocycles. The number of carbonyl (C=O) groups excluding carboxylic acids is 1. The first-order chi connectivity index (χ1) is 12.4. The Bertz CT molecular complexity index is 684. The molecule has 1 aliphatic heterocycles. The topological polar surface area (TPSA) is 20.3 Å². The molecule has 0 N–H and O–H groups in total. The van der Waals surface area contributed by atoms with E-state index in [0.717, 1.165) is 24.7 Å². The Kier molecular flexibility index (Phi) is 3.76. The molecule has 5 aliphatic rings. The zero-order chi connectivity index (χ0) is 18.1. The molecule has 5 rings (SSSR count). The minimum absolute atomic E-state index is 0.0203. The van der Waals surface area contributed by atoms with Crippen molar-refractivity contribution >= 4 is 5.78 Å². The molecule has 1 heterocycles. The molecule has 0 bridgehead atoms. The quantitative estimate of drug-likeness (QED) is 0.633. The molecular weight excluding hydrogens is 318 g/mol. The van der Waals surface area contributed by atoms with Gasteiger partial charge in [0.25, 0.3) is 0 Å². The Morgan fingerprint density at radius 1 is 1.08 bits per heavy atom. The van der Waals surface area contributed by atoms with Crippen LogP contribution in [0.5, 0.6) is 0 Å². The predicted molar refractivity (Wildman–Crippen MR) is 106 cm³/mol. The SMILES string of the molecule is C[C@@H]1C[C@H]2[C@@H]3CC=C4C=C(N5CCCC5)CC[C@]4(C)[C@H]3CC[C@]2(C)C1=O. The lowest BCUT2D eigenvalue weighted by molar-refractivity contribution is -0.133. The number of nitrogens with zero attached hydrogens (tertiary/aromatic N) is 1. The van der Waals surface area contributed by atoms with E-state index < -0.39 is 0 Å². The van der Waals surface area contributed by atoms with Crippen LogP contribution in [0.3, 0.4) is 0 Å². The average Bonchev–Trinajstić information content (AvgIpc) is 3.23. The smallest absolute Gasteiger partial charge is 0.141 e. The summed E-state index contributed by atoms with van der Waals surface area (Å²) in [7, 11) is 0. The van der Waals surface area contributed by atoms with E-state index in [-0.39, 0.29) is 11.3 Å². The Morgan fingerprint density at radius 3 is 2.62 bits per heavy atom. The Labute approximate surface area is 159 Å². The number of fused-ring (bicyclic) bond motifs is 5. The van der Waals surface area contributed by atoms with Crippen LogP contribution >= 0.6 is 0 Å². The Hall–Kier alpha value is -1.05. The molecular formula is C24H35NO. The highest BCUT2D eigenvalue weighted by atomic mass is 16.1. The summed E-state index contributed by atoms with van der Waals surface area (Å²) >= 11 is 0. The molecule has 2 nitrogen and oxygen atoms in total. The van der Waals surface area contributed by atoms with E-state index in [9.17, 15) is 4.79 Å². The molecule has 4 aliphatic carbocycles. The maximum atomic E-state index is 12.9. The molecule has 2 heteroatoms. The van der Waals surface area contributed by atoms with Gasteiger partial charge in [-0.3, -0.25) is 4.79 Å². The zero-order valence-corrected chi connectivity index (χ0v) is 16.9. The monoisotopic (exact) mass is 353 g/mol. The lowest BCUT2D eigenvalue weighted by Crippen LogP contribution is -2.49. The number of hydrogen-bond donors (Lipinski definition) is 0. The molecule has 2 saturated carbocycles. The van der Waals surface area contributed by atoms with Crippen molar-refractivity contribution in [1.82, 2.24) is 4.90 Å². The number of ketones is 1. The molecule has 0 amide bonds. The largest absolute Gasteiger partial charge is 0.375 e. The Balaban J connectivity index is 1.47. The standard InChI is InChI=1S/C24H35NO/c1-16-14-21-19-7-6-17-15-18(25-12-4-5-13-25)8-10-23(17,2)20(19)9-11-24(21,3)22(16)26/h6,15-16,19-21H,4-5,7-14H2,1-3H3/t16-,19-,20+,21+,23+,24+/m1/s1. The lowest BCUT2D eigenvalue weighted by Gasteiger charge is -2.56. The van der Waals surface area contributed by atoms with Gasteiger partial charge in [-0.05, 0) is 86.2 Å². The molecule has 0 unspecified atom stereocenters. The first-order valence-electron chi connectivity index (χ1n) is 11.1. The van der Waals surface area contributed by atoms with Gasteiger partial charge in [0, 0.05) is 30.1 Å². The highest BCUT2D eigenvalue weighted by Gasteiger charge is 2.59. The summed E-state index contributed by atoms with van der Waals surface area (Å²) in [5, 5.41) is 0. The van der Waals surface area contributed by atoms with Crippen LogP contribution in [0.2, 0.25) is 0 Å². The minimum atomic E-state index is -0.0203. The number of likely N-dealkylation sites (tertiary alicyclic amines) is 1. The van der Waals surface area contributed by atoms with Crippen LogP contribution in [0.1, 0.15) is 72.1 Å². The van der Waals surface area contributed by atoms with Gasteiger partial charge in [0.05, 0.1) is 0 Å². The summed E-state index contributed by atoms with van der Waals surface area (Å²) in [6, 6.07) is 0. The second-order valence-electron chi connectivity index (χ2n) is 10.5. The molecule has 0 aromatic rings. The van der Waals surface area contributed by atoms with Gasteiger partial charge in [0.1, 0.15) is 5.78 Å². The van der Waals surface area contributed by atoms with E-state index in [4.69, 9.17) is 0 Å². The van der Waals surface area contributed by atoms with Gasteiger partial charge in [0.15, 0.2) is 0 Å². The number of carbonyl (C=O) groups is 1. The molecule has 0 radical (unpaired) electrons. The number of Topliss-reactive ketones (excluding diaryl/α,β-unsaturated/α-hetero) is 1. The highest BCUT2D eigenvalue weighted by molar-refractivity contribution is 5.89. The Morgan fingerprint density at radius 2 is 1.85 bits per heavy atom. The van der Waals surface area contributed by atoms with Gasteiger partial charge in [-0.25, -0.2) is 0 Å². The third kappa shape index (κ3) is 2.20. The van der Waals surface area contributed by atoms with Crippen molar-refractivity contribution in [3.63, 3.8) is 0 Å². The zero-order valence-electron chi connectivity index (χ0n) is 16.9. The third-order valence-corrected chi connectivity index (χ3v) is 9.27. The van der Waals surface area contributed by atoms with Gasteiger partial charge >= 0.3 is 0 Å². The van der Waals surface area contributed by atoms with E-state index in [1.165, 1.54) is 51.6 Å². The van der Waals surface area contributed by atoms with Gasteiger partial charge in [0.2, 0.25) is 0 Å². The van der Waals surface area contributed by atoms with E-state index >= 15 is 0 Å². The summed E-state index contributed by atoms with van der Waals surface area (Å²) in [5.41, 5.74) is 3.57.